The minimum absolute atomic E-state index is 0.126. The number of nitrogens with zero attached hydrogens (tertiary/aromatic N) is 3. The second kappa shape index (κ2) is 8.51. The second-order valence-electron chi connectivity index (χ2n) is 6.89. The third-order valence-corrected chi connectivity index (χ3v) is 4.90. The maximum Gasteiger partial charge on any atom is 0.420 e. The number of halogens is 4. The predicted molar refractivity (Wildman–Crippen MR) is 116 cm³/mol. The van der Waals surface area contributed by atoms with Gasteiger partial charge in [0.1, 0.15) is 23.3 Å². The summed E-state index contributed by atoms with van der Waals surface area (Å²) < 4.78 is 46.4. The average molecular weight is 478 g/mol. The molecule has 4 rings (SSSR count). The number of rotatable bonds is 4. The fourth-order valence-electron chi connectivity index (χ4n) is 3.06. The number of anilines is 2. The highest BCUT2D eigenvalue weighted by atomic mass is 35.5. The Labute approximate surface area is 189 Å². The molecular formula is C21H15ClF3N5O3. The molecule has 3 N–H and O–H groups in total. The molecule has 0 atom stereocenters. The molecule has 2 aromatic heterocycles. The number of phenolic OH excluding ortho intramolecular Hbond substituents is 1. The summed E-state index contributed by atoms with van der Waals surface area (Å²) in [4.78, 5) is 20.5. The number of benzene rings is 2. The Hall–Kier alpha value is -3.99. The largest absolute Gasteiger partial charge is 0.507 e. The van der Waals surface area contributed by atoms with Gasteiger partial charge in [0.15, 0.2) is 0 Å². The van der Waals surface area contributed by atoms with Crippen LogP contribution in [-0.4, -0.2) is 25.7 Å². The quantitative estimate of drug-likeness (QED) is 0.323. The van der Waals surface area contributed by atoms with Crippen LogP contribution in [0, 0.1) is 0 Å². The zero-order valence-corrected chi connectivity index (χ0v) is 17.6. The van der Waals surface area contributed by atoms with Gasteiger partial charge in [0, 0.05) is 25.0 Å². The molecule has 8 nitrogen and oxygen atoms in total. The highest BCUT2D eigenvalue weighted by Gasteiger charge is 2.34. The van der Waals surface area contributed by atoms with E-state index in [1.54, 1.807) is 10.6 Å². The number of carbonyl (C=O) groups is 1. The first-order valence-electron chi connectivity index (χ1n) is 9.33. The molecule has 2 aromatic carbocycles. The number of ether oxygens (including phenoxy) is 1. The molecule has 2 heterocycles. The van der Waals surface area contributed by atoms with Crippen LogP contribution in [0.5, 0.6) is 17.4 Å². The fourth-order valence-corrected chi connectivity index (χ4v) is 3.28. The standard InChI is InChI=1S/C21H15ClF3N5O3/c1-30-7-6-16-18(30)19(27-10-26-16)33-12-3-4-15(14(22)9-12)29-20(32)28-11-2-5-17(31)13(8-11)21(23,24)25/h2-10,31H,1H3,(H2,28,29,32). The molecule has 0 bridgehead atoms. The maximum absolute atomic E-state index is 12.9. The average Bonchev–Trinajstić information content (AvgIpc) is 3.12. The number of urea groups is 1. The van der Waals surface area contributed by atoms with Gasteiger partial charge >= 0.3 is 12.2 Å². The van der Waals surface area contributed by atoms with Crippen LogP contribution in [0.2, 0.25) is 5.02 Å². The third-order valence-electron chi connectivity index (χ3n) is 4.59. The van der Waals surface area contributed by atoms with E-state index in [9.17, 15) is 23.1 Å². The minimum atomic E-state index is -4.77. The van der Waals surface area contributed by atoms with Crippen molar-refractivity contribution in [2.45, 2.75) is 6.18 Å². The number of nitrogens with one attached hydrogen (secondary N) is 2. The van der Waals surface area contributed by atoms with Crippen molar-refractivity contribution in [3.8, 4) is 17.4 Å². The van der Waals surface area contributed by atoms with E-state index in [2.05, 4.69) is 20.6 Å². The summed E-state index contributed by atoms with van der Waals surface area (Å²) >= 11 is 6.23. The maximum atomic E-state index is 12.9. The van der Waals surface area contributed by atoms with Crippen molar-refractivity contribution in [1.82, 2.24) is 14.5 Å². The molecular weight excluding hydrogens is 463 g/mol. The van der Waals surface area contributed by atoms with Crippen molar-refractivity contribution < 1.29 is 27.8 Å². The molecule has 0 aliphatic carbocycles. The van der Waals surface area contributed by atoms with Gasteiger partial charge in [-0.25, -0.2) is 9.78 Å². The topological polar surface area (TPSA) is 101 Å². The molecule has 170 valence electrons. The number of phenols is 1. The summed E-state index contributed by atoms with van der Waals surface area (Å²) in [5.74, 6) is -0.279. The van der Waals surface area contributed by atoms with Crippen LogP contribution < -0.4 is 15.4 Å². The van der Waals surface area contributed by atoms with Crippen molar-refractivity contribution >= 4 is 40.0 Å². The van der Waals surface area contributed by atoms with Crippen LogP contribution in [0.25, 0.3) is 11.0 Å². The first-order chi connectivity index (χ1) is 15.6. The molecule has 0 fully saturated rings. The number of fused-ring (bicyclic) bond motifs is 1. The lowest BCUT2D eigenvalue weighted by molar-refractivity contribution is -0.138. The van der Waals surface area contributed by atoms with Gasteiger partial charge in [0.25, 0.3) is 0 Å². The number of hydrogen-bond acceptors (Lipinski definition) is 5. The summed E-state index contributed by atoms with van der Waals surface area (Å²) in [6.07, 6.45) is -1.59. The lowest BCUT2D eigenvalue weighted by atomic mass is 10.1. The van der Waals surface area contributed by atoms with Crippen LogP contribution in [0.3, 0.4) is 0 Å². The van der Waals surface area contributed by atoms with Gasteiger partial charge in [-0.15, -0.1) is 0 Å². The Morgan fingerprint density at radius 2 is 1.91 bits per heavy atom. The first-order valence-corrected chi connectivity index (χ1v) is 9.71. The van der Waals surface area contributed by atoms with Crippen molar-refractivity contribution in [3.63, 3.8) is 0 Å². The minimum Gasteiger partial charge on any atom is -0.507 e. The first kappa shape index (κ1) is 22.2. The Balaban J connectivity index is 1.47. The van der Waals surface area contributed by atoms with Crippen molar-refractivity contribution in [2.75, 3.05) is 10.6 Å². The molecule has 0 saturated carbocycles. The number of amides is 2. The smallest absolute Gasteiger partial charge is 0.420 e. The van der Waals surface area contributed by atoms with E-state index in [0.29, 0.717) is 28.7 Å². The molecule has 12 heteroatoms. The van der Waals surface area contributed by atoms with E-state index < -0.39 is 23.5 Å². The van der Waals surface area contributed by atoms with Crippen LogP contribution in [0.15, 0.2) is 55.0 Å². The summed E-state index contributed by atoms with van der Waals surface area (Å²) in [5, 5.41) is 14.2. The highest BCUT2D eigenvalue weighted by Crippen LogP contribution is 2.37. The fraction of sp³-hybridized carbons (Fsp3) is 0.0952. The summed E-state index contributed by atoms with van der Waals surface area (Å²) in [5.41, 5.74) is 0.151. The molecule has 0 radical (unpaired) electrons. The van der Waals surface area contributed by atoms with Crippen LogP contribution in [0.1, 0.15) is 5.56 Å². The van der Waals surface area contributed by atoms with E-state index in [1.807, 2.05) is 19.3 Å². The van der Waals surface area contributed by atoms with Gasteiger partial charge in [-0.05, 0) is 36.4 Å². The molecule has 0 saturated heterocycles. The van der Waals surface area contributed by atoms with Gasteiger partial charge in [-0.2, -0.15) is 18.2 Å². The Bertz CT molecular complexity index is 1360. The number of aryl methyl sites for hydroxylation is 1. The van der Waals surface area contributed by atoms with Gasteiger partial charge in [0.05, 0.1) is 21.8 Å². The predicted octanol–water partition coefficient (Wildman–Crippen LogP) is 5.78. The number of carbonyl (C=O) groups excluding carboxylic acids is 1. The highest BCUT2D eigenvalue weighted by molar-refractivity contribution is 6.34. The molecule has 4 aromatic rings. The van der Waals surface area contributed by atoms with Crippen LogP contribution >= 0.6 is 11.6 Å². The van der Waals surface area contributed by atoms with E-state index in [1.165, 1.54) is 18.5 Å². The molecule has 2 amide bonds. The summed E-state index contributed by atoms with van der Waals surface area (Å²) in [7, 11) is 1.82. The van der Waals surface area contributed by atoms with Crippen LogP contribution in [0.4, 0.5) is 29.3 Å². The summed E-state index contributed by atoms with van der Waals surface area (Å²) in [6, 6.07) is 8.05. The third kappa shape index (κ3) is 4.77. The number of alkyl halides is 3. The van der Waals surface area contributed by atoms with Gasteiger partial charge < -0.3 is 25.0 Å². The molecule has 33 heavy (non-hydrogen) atoms. The SMILES string of the molecule is Cn1ccc2ncnc(Oc3ccc(NC(=O)Nc4ccc(O)c(C(F)(F)F)c4)c(Cl)c3)c21. The van der Waals surface area contributed by atoms with Crippen molar-refractivity contribution in [1.29, 1.82) is 0 Å². The van der Waals surface area contributed by atoms with Crippen LogP contribution in [-0.2, 0) is 13.2 Å². The zero-order chi connectivity index (χ0) is 23.8. The van der Waals surface area contributed by atoms with Gasteiger partial charge in [-0.1, -0.05) is 11.6 Å². The monoisotopic (exact) mass is 477 g/mol. The zero-order valence-electron chi connectivity index (χ0n) is 16.8. The molecule has 0 aliphatic heterocycles. The second-order valence-corrected chi connectivity index (χ2v) is 7.30. The van der Waals surface area contributed by atoms with E-state index in [-0.39, 0.29) is 16.4 Å². The summed E-state index contributed by atoms with van der Waals surface area (Å²) in [6.45, 7) is 0. The number of aromatic nitrogens is 3. The van der Waals surface area contributed by atoms with Crippen molar-refractivity contribution in [3.05, 3.63) is 65.6 Å². The van der Waals surface area contributed by atoms with Crippen molar-refractivity contribution in [2.24, 2.45) is 7.05 Å². The van der Waals surface area contributed by atoms with Gasteiger partial charge in [0.2, 0.25) is 5.88 Å². The Morgan fingerprint density at radius 1 is 1.12 bits per heavy atom. The Morgan fingerprint density at radius 3 is 2.64 bits per heavy atom. The lowest BCUT2D eigenvalue weighted by Gasteiger charge is -2.13. The molecule has 0 spiro atoms. The van der Waals surface area contributed by atoms with E-state index in [0.717, 1.165) is 12.1 Å². The number of aromatic hydroxyl groups is 1. The molecule has 0 unspecified atom stereocenters. The Kier molecular flexibility index (Phi) is 5.73. The number of hydrogen-bond donors (Lipinski definition) is 3. The lowest BCUT2D eigenvalue weighted by Crippen LogP contribution is -2.20. The van der Waals surface area contributed by atoms with E-state index >= 15 is 0 Å². The van der Waals surface area contributed by atoms with Gasteiger partial charge in [-0.3, -0.25) is 0 Å². The van der Waals surface area contributed by atoms with E-state index in [4.69, 9.17) is 16.3 Å². The molecule has 0 aliphatic rings. The normalized spacial score (nSPS) is 11.4.